The van der Waals surface area contributed by atoms with Gasteiger partial charge < -0.3 is 5.11 Å². The van der Waals surface area contributed by atoms with Gasteiger partial charge in [0.15, 0.2) is 0 Å². The molecule has 1 aromatic rings. The molecule has 1 fully saturated rings. The Kier molecular flexibility index (Phi) is 3.79. The zero-order valence-corrected chi connectivity index (χ0v) is 11.4. The third-order valence-electron chi connectivity index (χ3n) is 4.22. The molecular formula is C15H21ClO. The average Bonchev–Trinajstić information content (AvgIpc) is 2.28. The smallest absolute Gasteiger partial charge is 0.0691 e. The van der Waals surface area contributed by atoms with Crippen molar-refractivity contribution in [2.45, 2.75) is 45.1 Å². The first kappa shape index (κ1) is 12.9. The highest BCUT2D eigenvalue weighted by Gasteiger charge is 2.36. The normalized spacial score (nSPS) is 33.6. The molecule has 0 aliphatic heterocycles. The van der Waals surface area contributed by atoms with Crippen molar-refractivity contribution in [1.82, 2.24) is 0 Å². The highest BCUT2D eigenvalue weighted by Crippen LogP contribution is 2.38. The molecule has 0 heterocycles. The molecule has 3 atom stereocenters. The SMILES string of the molecule is CC1CCC(O)(Cc2ccccc2Cl)CC1C. The van der Waals surface area contributed by atoms with Crippen LogP contribution in [0.15, 0.2) is 24.3 Å². The molecule has 1 aliphatic rings. The molecule has 17 heavy (non-hydrogen) atoms. The first-order chi connectivity index (χ1) is 8.00. The van der Waals surface area contributed by atoms with E-state index in [9.17, 15) is 5.11 Å². The van der Waals surface area contributed by atoms with Gasteiger partial charge in [0.05, 0.1) is 5.60 Å². The molecular weight excluding hydrogens is 232 g/mol. The Morgan fingerprint density at radius 1 is 1.29 bits per heavy atom. The van der Waals surface area contributed by atoms with Crippen LogP contribution in [0, 0.1) is 11.8 Å². The van der Waals surface area contributed by atoms with Crippen LogP contribution < -0.4 is 0 Å². The van der Waals surface area contributed by atoms with Gasteiger partial charge in [0.25, 0.3) is 0 Å². The molecule has 0 radical (unpaired) electrons. The fourth-order valence-corrected chi connectivity index (χ4v) is 3.04. The highest BCUT2D eigenvalue weighted by atomic mass is 35.5. The van der Waals surface area contributed by atoms with Gasteiger partial charge in [0, 0.05) is 11.4 Å². The van der Waals surface area contributed by atoms with Gasteiger partial charge in [-0.2, -0.15) is 0 Å². The van der Waals surface area contributed by atoms with Crippen molar-refractivity contribution in [3.05, 3.63) is 34.9 Å². The van der Waals surface area contributed by atoms with Crippen LogP contribution in [-0.4, -0.2) is 10.7 Å². The molecule has 0 aromatic heterocycles. The topological polar surface area (TPSA) is 20.2 Å². The van der Waals surface area contributed by atoms with Gasteiger partial charge in [-0.1, -0.05) is 43.6 Å². The lowest BCUT2D eigenvalue weighted by molar-refractivity contribution is -0.0279. The Labute approximate surface area is 109 Å². The second-order valence-electron chi connectivity index (χ2n) is 5.69. The van der Waals surface area contributed by atoms with Gasteiger partial charge in [0.1, 0.15) is 0 Å². The number of hydrogen-bond donors (Lipinski definition) is 1. The van der Waals surface area contributed by atoms with E-state index in [1.165, 1.54) is 0 Å². The number of rotatable bonds is 2. The van der Waals surface area contributed by atoms with Crippen LogP contribution in [0.3, 0.4) is 0 Å². The summed E-state index contributed by atoms with van der Waals surface area (Å²) in [7, 11) is 0. The lowest BCUT2D eigenvalue weighted by Gasteiger charge is -2.39. The molecule has 1 aromatic carbocycles. The van der Waals surface area contributed by atoms with Crippen LogP contribution in [-0.2, 0) is 6.42 Å². The summed E-state index contributed by atoms with van der Waals surface area (Å²) in [6, 6.07) is 7.83. The summed E-state index contributed by atoms with van der Waals surface area (Å²) in [4.78, 5) is 0. The summed E-state index contributed by atoms with van der Waals surface area (Å²) in [5.74, 6) is 1.32. The Balaban J connectivity index is 2.10. The third kappa shape index (κ3) is 3.02. The van der Waals surface area contributed by atoms with Gasteiger partial charge in [0.2, 0.25) is 0 Å². The van der Waals surface area contributed by atoms with E-state index < -0.39 is 5.60 Å². The van der Waals surface area contributed by atoms with E-state index in [-0.39, 0.29) is 0 Å². The summed E-state index contributed by atoms with van der Waals surface area (Å²) in [6.45, 7) is 4.52. The maximum Gasteiger partial charge on any atom is 0.0691 e. The third-order valence-corrected chi connectivity index (χ3v) is 4.58. The maximum absolute atomic E-state index is 10.7. The minimum absolute atomic E-state index is 0.559. The quantitative estimate of drug-likeness (QED) is 0.841. The van der Waals surface area contributed by atoms with Gasteiger partial charge in [-0.25, -0.2) is 0 Å². The zero-order valence-electron chi connectivity index (χ0n) is 10.6. The van der Waals surface area contributed by atoms with Crippen LogP contribution in [0.4, 0.5) is 0 Å². The van der Waals surface area contributed by atoms with Gasteiger partial charge in [-0.15, -0.1) is 0 Å². The van der Waals surface area contributed by atoms with Crippen LogP contribution in [0.1, 0.15) is 38.7 Å². The van der Waals surface area contributed by atoms with E-state index in [1.807, 2.05) is 24.3 Å². The summed E-state index contributed by atoms with van der Waals surface area (Å²) >= 11 is 6.16. The van der Waals surface area contributed by atoms with E-state index in [2.05, 4.69) is 13.8 Å². The minimum Gasteiger partial charge on any atom is -0.390 e. The molecule has 0 spiro atoms. The monoisotopic (exact) mass is 252 g/mol. The molecule has 2 rings (SSSR count). The predicted molar refractivity (Wildman–Crippen MR) is 72.3 cm³/mol. The molecule has 0 bridgehead atoms. The summed E-state index contributed by atoms with van der Waals surface area (Å²) in [5, 5.41) is 11.4. The van der Waals surface area contributed by atoms with E-state index in [4.69, 9.17) is 11.6 Å². The minimum atomic E-state index is -0.559. The maximum atomic E-state index is 10.7. The van der Waals surface area contributed by atoms with Crippen LogP contribution in [0.5, 0.6) is 0 Å². The number of aliphatic hydroxyl groups is 1. The fraction of sp³-hybridized carbons (Fsp3) is 0.600. The molecule has 1 saturated carbocycles. The average molecular weight is 253 g/mol. The van der Waals surface area contributed by atoms with Crippen molar-refractivity contribution < 1.29 is 5.11 Å². The molecule has 0 saturated heterocycles. The standard InChI is InChI=1S/C15H21ClO/c1-11-7-8-15(17,9-12(11)2)10-13-5-3-4-6-14(13)16/h3-6,11-12,17H,7-10H2,1-2H3. The largest absolute Gasteiger partial charge is 0.390 e. The van der Waals surface area contributed by atoms with Crippen molar-refractivity contribution in [2.24, 2.45) is 11.8 Å². The van der Waals surface area contributed by atoms with E-state index in [0.29, 0.717) is 12.3 Å². The highest BCUT2D eigenvalue weighted by molar-refractivity contribution is 6.31. The van der Waals surface area contributed by atoms with E-state index >= 15 is 0 Å². The lowest BCUT2D eigenvalue weighted by atomic mass is 9.71. The molecule has 0 amide bonds. The van der Waals surface area contributed by atoms with Gasteiger partial charge >= 0.3 is 0 Å². The van der Waals surface area contributed by atoms with E-state index in [1.54, 1.807) is 0 Å². The van der Waals surface area contributed by atoms with Crippen molar-refractivity contribution in [3.8, 4) is 0 Å². The van der Waals surface area contributed by atoms with Gasteiger partial charge in [-0.3, -0.25) is 0 Å². The fourth-order valence-electron chi connectivity index (χ4n) is 2.84. The molecule has 1 N–H and O–H groups in total. The van der Waals surface area contributed by atoms with Crippen LogP contribution >= 0.6 is 11.6 Å². The van der Waals surface area contributed by atoms with Crippen LogP contribution in [0.25, 0.3) is 0 Å². The number of benzene rings is 1. The van der Waals surface area contributed by atoms with Crippen LogP contribution in [0.2, 0.25) is 5.02 Å². The Morgan fingerprint density at radius 2 is 2.00 bits per heavy atom. The molecule has 94 valence electrons. The Bertz CT molecular complexity index is 390. The first-order valence-corrected chi connectivity index (χ1v) is 6.84. The van der Waals surface area contributed by atoms with E-state index in [0.717, 1.165) is 35.8 Å². The van der Waals surface area contributed by atoms with Crippen molar-refractivity contribution in [2.75, 3.05) is 0 Å². The predicted octanol–water partition coefficient (Wildman–Crippen LogP) is 4.07. The van der Waals surface area contributed by atoms with Crippen molar-refractivity contribution >= 4 is 11.6 Å². The second-order valence-corrected chi connectivity index (χ2v) is 6.10. The second kappa shape index (κ2) is 4.99. The summed E-state index contributed by atoms with van der Waals surface area (Å²) < 4.78 is 0. The van der Waals surface area contributed by atoms with Gasteiger partial charge in [-0.05, 0) is 42.7 Å². The van der Waals surface area contributed by atoms with Crippen molar-refractivity contribution in [3.63, 3.8) is 0 Å². The molecule has 1 nitrogen and oxygen atoms in total. The molecule has 3 unspecified atom stereocenters. The number of halogens is 1. The molecule has 2 heteroatoms. The summed E-state index contributed by atoms with van der Waals surface area (Å²) in [5.41, 5.74) is 0.509. The molecule has 1 aliphatic carbocycles. The first-order valence-electron chi connectivity index (χ1n) is 6.46. The lowest BCUT2D eigenvalue weighted by Crippen LogP contribution is -2.39. The number of hydrogen-bond acceptors (Lipinski definition) is 1. The Morgan fingerprint density at radius 3 is 2.65 bits per heavy atom. The Hall–Kier alpha value is -0.530. The van der Waals surface area contributed by atoms with Crippen molar-refractivity contribution in [1.29, 1.82) is 0 Å². The zero-order chi connectivity index (χ0) is 12.5. The summed E-state index contributed by atoms with van der Waals surface area (Å²) in [6.07, 6.45) is 3.58.